The molecule has 2 aromatic carbocycles. The van der Waals surface area contributed by atoms with E-state index in [1.54, 1.807) is 60.0 Å². The van der Waals surface area contributed by atoms with Crippen LogP contribution in [-0.2, 0) is 14.8 Å². The van der Waals surface area contributed by atoms with Gasteiger partial charge in [-0.25, -0.2) is 8.42 Å². The van der Waals surface area contributed by atoms with Gasteiger partial charge < -0.3 is 5.32 Å². The van der Waals surface area contributed by atoms with Crippen molar-refractivity contribution in [2.45, 2.75) is 17.2 Å². The highest BCUT2D eigenvalue weighted by molar-refractivity contribution is 7.91. The highest BCUT2D eigenvalue weighted by Gasteiger charge is 2.28. The first kappa shape index (κ1) is 19.6. The smallest absolute Gasteiger partial charge is 0.251 e. The minimum atomic E-state index is -3.84. The molecule has 5 nitrogen and oxygen atoms in total. The van der Waals surface area contributed by atoms with Crippen LogP contribution in [0.2, 0.25) is 5.02 Å². The number of thiophene rings is 1. The third kappa shape index (κ3) is 4.75. The Hall–Kier alpha value is -2.19. The van der Waals surface area contributed by atoms with Crippen molar-refractivity contribution in [2.24, 2.45) is 0 Å². The van der Waals surface area contributed by atoms with Crippen molar-refractivity contribution in [3.8, 4) is 0 Å². The third-order valence-electron chi connectivity index (χ3n) is 3.89. The van der Waals surface area contributed by atoms with E-state index in [4.69, 9.17) is 11.6 Å². The van der Waals surface area contributed by atoms with Crippen LogP contribution in [0.15, 0.2) is 70.3 Å². The van der Waals surface area contributed by atoms with E-state index in [2.05, 4.69) is 10.0 Å². The van der Waals surface area contributed by atoms with Gasteiger partial charge >= 0.3 is 0 Å². The second kappa shape index (κ2) is 8.22. The van der Waals surface area contributed by atoms with Crippen molar-refractivity contribution in [3.05, 3.63) is 82.2 Å². The minimum absolute atomic E-state index is 0.148. The van der Waals surface area contributed by atoms with Gasteiger partial charge in [0.25, 0.3) is 10.0 Å². The number of halogens is 1. The molecule has 3 aromatic rings. The number of rotatable bonds is 6. The Kier molecular flexibility index (Phi) is 5.96. The van der Waals surface area contributed by atoms with E-state index in [-0.39, 0.29) is 4.21 Å². The monoisotopic (exact) mass is 420 g/mol. The number of aryl methyl sites for hydroxylation is 1. The summed E-state index contributed by atoms with van der Waals surface area (Å²) in [5.74, 6) is -0.494. The molecular weight excluding hydrogens is 404 g/mol. The number of anilines is 1. The van der Waals surface area contributed by atoms with Crippen LogP contribution in [0.1, 0.15) is 17.2 Å². The Morgan fingerprint density at radius 1 is 1.07 bits per heavy atom. The van der Waals surface area contributed by atoms with Gasteiger partial charge in [-0.1, -0.05) is 54.1 Å². The summed E-state index contributed by atoms with van der Waals surface area (Å²) in [5.41, 5.74) is 1.89. The number of carbonyl (C=O) groups excluding carboxylic acids is 1. The predicted molar refractivity (Wildman–Crippen MR) is 109 cm³/mol. The van der Waals surface area contributed by atoms with Crippen LogP contribution in [0.25, 0.3) is 0 Å². The van der Waals surface area contributed by atoms with E-state index in [0.29, 0.717) is 16.3 Å². The fraction of sp³-hybridized carbons (Fsp3) is 0.105. The highest BCUT2D eigenvalue weighted by atomic mass is 35.5. The van der Waals surface area contributed by atoms with Crippen LogP contribution >= 0.6 is 22.9 Å². The summed E-state index contributed by atoms with van der Waals surface area (Å²) < 4.78 is 28.0. The summed E-state index contributed by atoms with van der Waals surface area (Å²) >= 11 is 7.10. The third-order valence-corrected chi connectivity index (χ3v) is 6.94. The SMILES string of the molecule is Cc1ccc(Cl)cc1NC(=O)C(NS(=O)(=O)c1cccs1)c1ccccc1. The molecular formula is C19H17ClN2O3S2. The van der Waals surface area contributed by atoms with Crippen molar-refractivity contribution >= 4 is 44.6 Å². The molecule has 1 unspecified atom stereocenters. The lowest BCUT2D eigenvalue weighted by molar-refractivity contribution is -0.117. The van der Waals surface area contributed by atoms with Gasteiger partial charge in [-0.2, -0.15) is 4.72 Å². The van der Waals surface area contributed by atoms with Crippen molar-refractivity contribution in [2.75, 3.05) is 5.32 Å². The first-order valence-corrected chi connectivity index (χ1v) is 10.8. The van der Waals surface area contributed by atoms with Gasteiger partial charge in [-0.15, -0.1) is 11.3 Å². The maximum absolute atomic E-state index is 12.9. The second-order valence-corrected chi connectivity index (χ2v) is 9.17. The summed E-state index contributed by atoms with van der Waals surface area (Å²) in [6, 6.07) is 15.9. The molecule has 0 aliphatic heterocycles. The summed E-state index contributed by atoms with van der Waals surface area (Å²) in [4.78, 5) is 12.9. The lowest BCUT2D eigenvalue weighted by atomic mass is 10.1. The minimum Gasteiger partial charge on any atom is -0.324 e. The molecule has 27 heavy (non-hydrogen) atoms. The second-order valence-electron chi connectivity index (χ2n) is 5.85. The fourth-order valence-electron chi connectivity index (χ4n) is 2.48. The maximum Gasteiger partial charge on any atom is 0.251 e. The summed E-state index contributed by atoms with van der Waals surface area (Å²) in [7, 11) is -3.84. The molecule has 0 saturated carbocycles. The Balaban J connectivity index is 1.93. The van der Waals surface area contributed by atoms with Crippen LogP contribution in [0.5, 0.6) is 0 Å². The van der Waals surface area contributed by atoms with Gasteiger partial charge in [-0.3, -0.25) is 4.79 Å². The molecule has 1 aromatic heterocycles. The summed E-state index contributed by atoms with van der Waals surface area (Å²) in [6.45, 7) is 1.83. The zero-order valence-electron chi connectivity index (χ0n) is 14.3. The largest absolute Gasteiger partial charge is 0.324 e. The zero-order valence-corrected chi connectivity index (χ0v) is 16.7. The van der Waals surface area contributed by atoms with E-state index in [1.165, 1.54) is 6.07 Å². The van der Waals surface area contributed by atoms with Gasteiger partial charge in [0.1, 0.15) is 10.3 Å². The first-order chi connectivity index (χ1) is 12.9. The molecule has 3 rings (SSSR count). The number of amides is 1. The highest BCUT2D eigenvalue weighted by Crippen LogP contribution is 2.24. The molecule has 140 valence electrons. The molecule has 0 fully saturated rings. The van der Waals surface area contributed by atoms with Gasteiger partial charge in [0.05, 0.1) is 0 Å². The normalized spacial score (nSPS) is 12.5. The molecule has 1 atom stereocenters. The Morgan fingerprint density at radius 3 is 2.48 bits per heavy atom. The van der Waals surface area contributed by atoms with E-state index in [1.807, 2.05) is 6.92 Å². The molecule has 8 heteroatoms. The topological polar surface area (TPSA) is 75.3 Å². The Labute approximate surface area is 167 Å². The molecule has 0 aliphatic rings. The quantitative estimate of drug-likeness (QED) is 0.621. The van der Waals surface area contributed by atoms with E-state index < -0.39 is 22.0 Å². The van der Waals surface area contributed by atoms with Gasteiger partial charge in [-0.05, 0) is 41.6 Å². The number of carbonyl (C=O) groups is 1. The van der Waals surface area contributed by atoms with E-state index >= 15 is 0 Å². The molecule has 1 heterocycles. The molecule has 0 radical (unpaired) electrons. The molecule has 0 spiro atoms. The molecule has 1 amide bonds. The van der Waals surface area contributed by atoms with Crippen molar-refractivity contribution in [3.63, 3.8) is 0 Å². The number of sulfonamides is 1. The average molecular weight is 421 g/mol. The van der Waals surface area contributed by atoms with E-state index in [0.717, 1.165) is 16.9 Å². The van der Waals surface area contributed by atoms with Gasteiger partial charge in [0.15, 0.2) is 0 Å². The van der Waals surface area contributed by atoms with Gasteiger partial charge in [0.2, 0.25) is 5.91 Å². The van der Waals surface area contributed by atoms with Gasteiger partial charge in [0, 0.05) is 10.7 Å². The average Bonchev–Trinajstić information content (AvgIpc) is 3.19. The van der Waals surface area contributed by atoms with Crippen LogP contribution in [-0.4, -0.2) is 14.3 Å². The predicted octanol–water partition coefficient (Wildman–Crippen LogP) is 4.37. The van der Waals surface area contributed by atoms with Crippen LogP contribution in [0.3, 0.4) is 0 Å². The number of hydrogen-bond acceptors (Lipinski definition) is 4. The molecule has 2 N–H and O–H groups in total. The lowest BCUT2D eigenvalue weighted by Gasteiger charge is -2.19. The summed E-state index contributed by atoms with van der Waals surface area (Å²) in [5, 5.41) is 4.92. The standard InChI is InChI=1S/C19H17ClN2O3S2/c1-13-9-10-15(20)12-16(13)21-19(23)18(14-6-3-2-4-7-14)22-27(24,25)17-8-5-11-26-17/h2-12,18,22H,1H3,(H,21,23). The Morgan fingerprint density at radius 2 is 1.81 bits per heavy atom. The number of benzene rings is 2. The van der Waals surface area contributed by atoms with E-state index in [9.17, 15) is 13.2 Å². The number of hydrogen-bond donors (Lipinski definition) is 2. The maximum atomic E-state index is 12.9. The molecule has 0 aliphatic carbocycles. The van der Waals surface area contributed by atoms with Crippen molar-refractivity contribution < 1.29 is 13.2 Å². The zero-order chi connectivity index (χ0) is 19.4. The van der Waals surface area contributed by atoms with Crippen LogP contribution < -0.4 is 10.0 Å². The molecule has 0 saturated heterocycles. The molecule has 0 bridgehead atoms. The number of nitrogens with one attached hydrogen (secondary N) is 2. The lowest BCUT2D eigenvalue weighted by Crippen LogP contribution is -2.36. The summed E-state index contributed by atoms with van der Waals surface area (Å²) in [6.07, 6.45) is 0. The fourth-order valence-corrected chi connectivity index (χ4v) is 4.85. The van der Waals surface area contributed by atoms with Crippen molar-refractivity contribution in [1.82, 2.24) is 4.72 Å². The Bertz CT molecular complexity index is 1040. The van der Waals surface area contributed by atoms with Crippen LogP contribution in [0, 0.1) is 6.92 Å². The first-order valence-electron chi connectivity index (χ1n) is 8.04. The van der Waals surface area contributed by atoms with Crippen LogP contribution in [0.4, 0.5) is 5.69 Å². The van der Waals surface area contributed by atoms with Crippen molar-refractivity contribution in [1.29, 1.82) is 0 Å².